The van der Waals surface area contributed by atoms with Crippen molar-refractivity contribution in [3.05, 3.63) is 35.9 Å². The molecule has 0 unspecified atom stereocenters. The van der Waals surface area contributed by atoms with Crippen LogP contribution in [0.15, 0.2) is 30.3 Å². The van der Waals surface area contributed by atoms with E-state index in [0.717, 1.165) is 18.5 Å². The minimum absolute atomic E-state index is 0.217. The molecule has 0 amide bonds. The fourth-order valence-corrected chi connectivity index (χ4v) is 2.26. The Morgan fingerprint density at radius 3 is 2.25 bits per heavy atom. The van der Waals surface area contributed by atoms with Crippen molar-refractivity contribution < 1.29 is 5.11 Å². The van der Waals surface area contributed by atoms with Gasteiger partial charge in [0, 0.05) is 12.5 Å². The predicted octanol–water partition coefficient (Wildman–Crippen LogP) is 2.48. The van der Waals surface area contributed by atoms with Gasteiger partial charge in [0.2, 0.25) is 0 Å². The van der Waals surface area contributed by atoms with Crippen molar-refractivity contribution >= 4 is 0 Å². The Kier molecular flexibility index (Phi) is 4.51. The molecule has 1 N–H and O–H groups in total. The van der Waals surface area contributed by atoms with Crippen LogP contribution in [0.25, 0.3) is 0 Å². The van der Waals surface area contributed by atoms with Crippen LogP contribution in [-0.2, 0) is 5.60 Å². The minimum Gasteiger partial charge on any atom is -0.385 e. The molecule has 0 heterocycles. The topological polar surface area (TPSA) is 23.5 Å². The maximum atomic E-state index is 10.8. The number of hydrogen-bond acceptors (Lipinski definition) is 2. The van der Waals surface area contributed by atoms with Crippen LogP contribution in [-0.4, -0.2) is 30.6 Å². The molecule has 0 saturated carbocycles. The Labute approximate surface area is 98.9 Å². The van der Waals surface area contributed by atoms with Gasteiger partial charge in [0.1, 0.15) is 0 Å². The lowest BCUT2D eigenvalue weighted by atomic mass is 9.80. The van der Waals surface area contributed by atoms with E-state index in [0.29, 0.717) is 0 Å². The molecule has 2 heteroatoms. The molecule has 90 valence electrons. The van der Waals surface area contributed by atoms with E-state index in [1.54, 1.807) is 0 Å². The van der Waals surface area contributed by atoms with Crippen molar-refractivity contribution in [1.29, 1.82) is 0 Å². The summed E-state index contributed by atoms with van der Waals surface area (Å²) >= 11 is 0. The molecular formula is C14H23NO. The van der Waals surface area contributed by atoms with Crippen LogP contribution in [0.4, 0.5) is 0 Å². The van der Waals surface area contributed by atoms with Gasteiger partial charge in [0.25, 0.3) is 0 Å². The van der Waals surface area contributed by atoms with E-state index in [4.69, 9.17) is 0 Å². The number of aliphatic hydroxyl groups is 1. The fourth-order valence-electron chi connectivity index (χ4n) is 2.26. The molecule has 2 nitrogen and oxygen atoms in total. The van der Waals surface area contributed by atoms with E-state index in [1.165, 1.54) is 0 Å². The van der Waals surface area contributed by atoms with Crippen LogP contribution < -0.4 is 0 Å². The average Bonchev–Trinajstić information content (AvgIpc) is 2.28. The molecule has 0 aliphatic rings. The van der Waals surface area contributed by atoms with Gasteiger partial charge >= 0.3 is 0 Å². The van der Waals surface area contributed by atoms with Gasteiger partial charge in [-0.2, -0.15) is 0 Å². The van der Waals surface area contributed by atoms with Crippen molar-refractivity contribution in [3.63, 3.8) is 0 Å². The van der Waals surface area contributed by atoms with Crippen LogP contribution in [0.1, 0.15) is 25.8 Å². The maximum Gasteiger partial charge on any atom is 0.0931 e. The number of hydrogen-bond donors (Lipinski definition) is 1. The SMILES string of the molecule is CC[C@](O)(c1ccccc1)[C@@H](C)CN(C)C. The van der Waals surface area contributed by atoms with Gasteiger partial charge in [-0.1, -0.05) is 44.2 Å². The molecule has 0 spiro atoms. The number of benzene rings is 1. The summed E-state index contributed by atoms with van der Waals surface area (Å²) in [6.45, 7) is 5.04. The molecule has 0 bridgehead atoms. The van der Waals surface area contributed by atoms with Crippen LogP contribution in [0, 0.1) is 5.92 Å². The number of nitrogens with zero attached hydrogens (tertiary/aromatic N) is 1. The first-order valence-corrected chi connectivity index (χ1v) is 5.93. The Morgan fingerprint density at radius 1 is 1.25 bits per heavy atom. The zero-order valence-corrected chi connectivity index (χ0v) is 10.8. The van der Waals surface area contributed by atoms with Gasteiger partial charge < -0.3 is 10.0 Å². The smallest absolute Gasteiger partial charge is 0.0931 e. The van der Waals surface area contributed by atoms with Crippen molar-refractivity contribution in [3.8, 4) is 0 Å². The Hall–Kier alpha value is -0.860. The molecule has 0 saturated heterocycles. The third-order valence-corrected chi connectivity index (χ3v) is 3.27. The summed E-state index contributed by atoms with van der Waals surface area (Å²) in [5, 5.41) is 10.8. The summed E-state index contributed by atoms with van der Waals surface area (Å²) in [5.74, 6) is 0.217. The standard InChI is InChI=1S/C14H23NO/c1-5-14(16,12(2)11-15(3)4)13-9-7-6-8-10-13/h6-10,12,16H,5,11H2,1-4H3/t12-,14+/m0/s1. The Balaban J connectivity index is 2.93. The second-order valence-electron chi connectivity index (χ2n) is 4.81. The lowest BCUT2D eigenvalue weighted by molar-refractivity contribution is -0.0291. The third kappa shape index (κ3) is 2.83. The lowest BCUT2D eigenvalue weighted by Gasteiger charge is -2.35. The average molecular weight is 221 g/mol. The zero-order chi connectivity index (χ0) is 12.2. The lowest BCUT2D eigenvalue weighted by Crippen LogP contribution is -2.38. The van der Waals surface area contributed by atoms with Crippen molar-refractivity contribution in [1.82, 2.24) is 4.90 Å². The Morgan fingerprint density at radius 2 is 1.81 bits per heavy atom. The first kappa shape index (κ1) is 13.2. The molecule has 0 aliphatic heterocycles. The van der Waals surface area contributed by atoms with E-state index in [9.17, 15) is 5.11 Å². The van der Waals surface area contributed by atoms with E-state index in [-0.39, 0.29) is 5.92 Å². The highest BCUT2D eigenvalue weighted by atomic mass is 16.3. The normalized spacial score (nSPS) is 17.1. The second-order valence-corrected chi connectivity index (χ2v) is 4.81. The molecule has 2 atom stereocenters. The first-order chi connectivity index (χ1) is 7.50. The first-order valence-electron chi connectivity index (χ1n) is 5.93. The molecular weight excluding hydrogens is 198 g/mol. The minimum atomic E-state index is -0.717. The van der Waals surface area contributed by atoms with E-state index >= 15 is 0 Å². The largest absolute Gasteiger partial charge is 0.385 e. The third-order valence-electron chi connectivity index (χ3n) is 3.27. The van der Waals surface area contributed by atoms with Crippen LogP contribution >= 0.6 is 0 Å². The Bertz CT molecular complexity index is 310. The second kappa shape index (κ2) is 5.46. The summed E-state index contributed by atoms with van der Waals surface area (Å²) in [7, 11) is 4.08. The molecule has 1 aromatic carbocycles. The van der Waals surface area contributed by atoms with Crippen molar-refractivity contribution in [2.24, 2.45) is 5.92 Å². The van der Waals surface area contributed by atoms with Crippen molar-refractivity contribution in [2.45, 2.75) is 25.9 Å². The van der Waals surface area contributed by atoms with Crippen LogP contribution in [0.5, 0.6) is 0 Å². The molecule has 1 rings (SSSR count). The van der Waals surface area contributed by atoms with Gasteiger partial charge in [0.05, 0.1) is 5.60 Å². The summed E-state index contributed by atoms with van der Waals surface area (Å²) in [4.78, 5) is 2.12. The van der Waals surface area contributed by atoms with E-state index in [1.807, 2.05) is 51.4 Å². The van der Waals surface area contributed by atoms with Gasteiger partial charge in [-0.05, 0) is 26.1 Å². The quantitative estimate of drug-likeness (QED) is 0.825. The molecule has 16 heavy (non-hydrogen) atoms. The highest BCUT2D eigenvalue weighted by Crippen LogP contribution is 2.33. The monoisotopic (exact) mass is 221 g/mol. The fraction of sp³-hybridized carbons (Fsp3) is 0.571. The summed E-state index contributed by atoms with van der Waals surface area (Å²) < 4.78 is 0. The van der Waals surface area contributed by atoms with Crippen molar-refractivity contribution in [2.75, 3.05) is 20.6 Å². The molecule has 0 radical (unpaired) electrons. The van der Waals surface area contributed by atoms with Gasteiger partial charge in [0.15, 0.2) is 0 Å². The van der Waals surface area contributed by atoms with E-state index < -0.39 is 5.60 Å². The van der Waals surface area contributed by atoms with Gasteiger partial charge in [-0.15, -0.1) is 0 Å². The van der Waals surface area contributed by atoms with E-state index in [2.05, 4.69) is 11.8 Å². The molecule has 0 fully saturated rings. The summed E-state index contributed by atoms with van der Waals surface area (Å²) in [6, 6.07) is 9.97. The highest BCUT2D eigenvalue weighted by Gasteiger charge is 2.33. The summed E-state index contributed by atoms with van der Waals surface area (Å²) in [6.07, 6.45) is 0.742. The zero-order valence-electron chi connectivity index (χ0n) is 10.8. The van der Waals surface area contributed by atoms with Crippen LogP contribution in [0.2, 0.25) is 0 Å². The maximum absolute atomic E-state index is 10.8. The molecule has 1 aromatic rings. The van der Waals surface area contributed by atoms with Gasteiger partial charge in [-0.25, -0.2) is 0 Å². The highest BCUT2D eigenvalue weighted by molar-refractivity contribution is 5.23. The summed E-state index contributed by atoms with van der Waals surface area (Å²) in [5.41, 5.74) is 0.303. The molecule has 0 aliphatic carbocycles. The van der Waals surface area contributed by atoms with Gasteiger partial charge in [-0.3, -0.25) is 0 Å². The molecule has 0 aromatic heterocycles. The number of rotatable bonds is 5. The predicted molar refractivity (Wildman–Crippen MR) is 68.3 cm³/mol. The van der Waals surface area contributed by atoms with Crippen LogP contribution in [0.3, 0.4) is 0 Å².